The second-order valence-electron chi connectivity index (χ2n) is 6.26. The maximum Gasteiger partial charge on any atom is 0.0406 e. The van der Waals surface area contributed by atoms with Crippen molar-refractivity contribution in [2.24, 2.45) is 11.8 Å². The maximum atomic E-state index is 5.98. The third kappa shape index (κ3) is 3.73. The van der Waals surface area contributed by atoms with E-state index in [2.05, 4.69) is 17.4 Å². The molecular weight excluding hydrogens is 254 g/mol. The number of halogens is 1. The van der Waals surface area contributed by atoms with Crippen molar-refractivity contribution >= 4 is 11.6 Å². The number of hydrogen-bond acceptors (Lipinski definition) is 1. The number of hydrogen-bond donors (Lipinski definition) is 1. The minimum absolute atomic E-state index is 0.554. The Kier molecular flexibility index (Phi) is 4.45. The highest BCUT2D eigenvalue weighted by atomic mass is 35.5. The predicted molar refractivity (Wildman–Crippen MR) is 81.5 cm³/mol. The monoisotopic (exact) mass is 277 g/mol. The molecule has 2 saturated carbocycles. The summed E-state index contributed by atoms with van der Waals surface area (Å²) in [4.78, 5) is 0. The van der Waals surface area contributed by atoms with E-state index in [-0.39, 0.29) is 0 Å². The third-order valence-electron chi connectivity index (χ3n) is 4.71. The van der Waals surface area contributed by atoms with E-state index in [1.807, 2.05) is 12.1 Å². The van der Waals surface area contributed by atoms with Crippen molar-refractivity contribution in [3.63, 3.8) is 0 Å². The van der Waals surface area contributed by atoms with Crippen LogP contribution in [0.15, 0.2) is 24.3 Å². The molecule has 0 radical (unpaired) electrons. The molecule has 1 unspecified atom stereocenters. The van der Waals surface area contributed by atoms with E-state index in [9.17, 15) is 0 Å². The Morgan fingerprint density at radius 2 is 1.74 bits per heavy atom. The van der Waals surface area contributed by atoms with Gasteiger partial charge in [0.05, 0.1) is 0 Å². The first-order valence-corrected chi connectivity index (χ1v) is 8.19. The topological polar surface area (TPSA) is 12.0 Å². The van der Waals surface area contributed by atoms with Gasteiger partial charge in [-0.2, -0.15) is 0 Å². The molecule has 2 aliphatic rings. The molecule has 1 aromatic rings. The predicted octanol–water partition coefficient (Wildman–Crippen LogP) is 4.96. The van der Waals surface area contributed by atoms with Crippen molar-refractivity contribution in [3.05, 3.63) is 34.9 Å². The summed E-state index contributed by atoms with van der Waals surface area (Å²) in [5.41, 5.74) is 1.42. The van der Waals surface area contributed by atoms with Crippen LogP contribution in [-0.4, -0.2) is 6.54 Å². The maximum absolute atomic E-state index is 5.98. The van der Waals surface area contributed by atoms with E-state index in [0.29, 0.717) is 6.04 Å². The molecule has 1 N–H and O–H groups in total. The van der Waals surface area contributed by atoms with Gasteiger partial charge in [-0.25, -0.2) is 0 Å². The van der Waals surface area contributed by atoms with Crippen molar-refractivity contribution in [2.75, 3.05) is 6.54 Å². The van der Waals surface area contributed by atoms with Crippen molar-refractivity contribution in [2.45, 2.75) is 51.0 Å². The van der Waals surface area contributed by atoms with Gasteiger partial charge in [0.15, 0.2) is 0 Å². The van der Waals surface area contributed by atoms with Gasteiger partial charge in [0, 0.05) is 11.1 Å². The summed E-state index contributed by atoms with van der Waals surface area (Å²) in [7, 11) is 0. The van der Waals surface area contributed by atoms with Crippen LogP contribution < -0.4 is 5.32 Å². The van der Waals surface area contributed by atoms with Crippen LogP contribution in [0.1, 0.15) is 56.6 Å². The van der Waals surface area contributed by atoms with Crippen LogP contribution in [0.25, 0.3) is 0 Å². The molecule has 1 aromatic carbocycles. The first-order chi connectivity index (χ1) is 9.33. The standard InChI is InChI=1S/C17H24ClN/c18-16-9-7-15(8-10-16)17(14-5-6-14)19-12-11-13-3-1-2-4-13/h7-10,13-14,17,19H,1-6,11-12H2. The zero-order valence-electron chi connectivity index (χ0n) is 11.6. The largest absolute Gasteiger partial charge is 0.310 e. The molecule has 2 heteroatoms. The number of nitrogens with one attached hydrogen (secondary N) is 1. The van der Waals surface area contributed by atoms with Crippen molar-refractivity contribution in [1.29, 1.82) is 0 Å². The molecule has 0 aliphatic heterocycles. The second kappa shape index (κ2) is 6.28. The van der Waals surface area contributed by atoms with Gasteiger partial charge in [0.2, 0.25) is 0 Å². The summed E-state index contributed by atoms with van der Waals surface area (Å²) in [5, 5.41) is 4.64. The third-order valence-corrected chi connectivity index (χ3v) is 4.97. The zero-order valence-corrected chi connectivity index (χ0v) is 12.3. The molecule has 3 rings (SSSR count). The van der Waals surface area contributed by atoms with Crippen LogP contribution >= 0.6 is 11.6 Å². The summed E-state index contributed by atoms with van der Waals surface area (Å²) in [6.45, 7) is 1.18. The summed E-state index contributed by atoms with van der Waals surface area (Å²) < 4.78 is 0. The summed E-state index contributed by atoms with van der Waals surface area (Å²) in [6.07, 6.45) is 9.93. The molecular formula is C17H24ClN. The molecule has 0 bridgehead atoms. The van der Waals surface area contributed by atoms with Gasteiger partial charge >= 0.3 is 0 Å². The molecule has 19 heavy (non-hydrogen) atoms. The first kappa shape index (κ1) is 13.5. The van der Waals surface area contributed by atoms with Gasteiger partial charge in [0.25, 0.3) is 0 Å². The fourth-order valence-electron chi connectivity index (χ4n) is 3.40. The fourth-order valence-corrected chi connectivity index (χ4v) is 3.52. The Balaban J connectivity index is 1.53. The van der Waals surface area contributed by atoms with Crippen LogP contribution in [0.4, 0.5) is 0 Å². The Hall–Kier alpha value is -0.530. The fraction of sp³-hybridized carbons (Fsp3) is 0.647. The van der Waals surface area contributed by atoms with Gasteiger partial charge < -0.3 is 5.32 Å². The van der Waals surface area contributed by atoms with E-state index in [1.54, 1.807) is 0 Å². The highest BCUT2D eigenvalue weighted by molar-refractivity contribution is 6.30. The highest BCUT2D eigenvalue weighted by Gasteiger charge is 2.31. The normalized spacial score (nSPS) is 21.7. The quantitative estimate of drug-likeness (QED) is 0.775. The van der Waals surface area contributed by atoms with Crippen molar-refractivity contribution < 1.29 is 0 Å². The summed E-state index contributed by atoms with van der Waals surface area (Å²) >= 11 is 5.98. The van der Waals surface area contributed by atoms with Gasteiger partial charge in [-0.3, -0.25) is 0 Å². The minimum atomic E-state index is 0.554. The van der Waals surface area contributed by atoms with E-state index < -0.39 is 0 Å². The summed E-state index contributed by atoms with van der Waals surface area (Å²) in [6, 6.07) is 8.97. The Labute approximate surface area is 121 Å². The highest BCUT2D eigenvalue weighted by Crippen LogP contribution is 2.41. The molecule has 104 valence electrons. The van der Waals surface area contributed by atoms with E-state index >= 15 is 0 Å². The zero-order chi connectivity index (χ0) is 13.1. The Morgan fingerprint density at radius 3 is 2.37 bits per heavy atom. The van der Waals surface area contributed by atoms with E-state index in [0.717, 1.165) is 16.9 Å². The lowest BCUT2D eigenvalue weighted by Crippen LogP contribution is -2.25. The minimum Gasteiger partial charge on any atom is -0.310 e. The van der Waals surface area contributed by atoms with Crippen LogP contribution in [-0.2, 0) is 0 Å². The smallest absolute Gasteiger partial charge is 0.0406 e. The molecule has 1 nitrogen and oxygen atoms in total. The van der Waals surface area contributed by atoms with Crippen LogP contribution in [0.3, 0.4) is 0 Å². The molecule has 0 amide bonds. The van der Waals surface area contributed by atoms with Gasteiger partial charge in [0.1, 0.15) is 0 Å². The molecule has 2 fully saturated rings. The number of benzene rings is 1. The second-order valence-corrected chi connectivity index (χ2v) is 6.70. The van der Waals surface area contributed by atoms with Crippen molar-refractivity contribution in [3.8, 4) is 0 Å². The lowest BCUT2D eigenvalue weighted by atomic mass is 10.0. The Bertz CT molecular complexity index is 390. The molecule has 0 heterocycles. The van der Waals surface area contributed by atoms with E-state index in [4.69, 9.17) is 11.6 Å². The average molecular weight is 278 g/mol. The van der Waals surface area contributed by atoms with Crippen LogP contribution in [0.5, 0.6) is 0 Å². The van der Waals surface area contributed by atoms with Gasteiger partial charge in [-0.1, -0.05) is 49.4 Å². The summed E-state index contributed by atoms with van der Waals surface area (Å²) in [5.74, 6) is 1.84. The molecule has 0 aromatic heterocycles. The molecule has 1 atom stereocenters. The SMILES string of the molecule is Clc1ccc(C(NCCC2CCCC2)C2CC2)cc1. The molecule has 2 aliphatic carbocycles. The Morgan fingerprint density at radius 1 is 1.05 bits per heavy atom. The molecule has 0 saturated heterocycles. The van der Waals surface area contributed by atoms with Crippen LogP contribution in [0, 0.1) is 11.8 Å². The van der Waals surface area contributed by atoms with Crippen molar-refractivity contribution in [1.82, 2.24) is 5.32 Å². The lowest BCUT2D eigenvalue weighted by molar-refractivity contribution is 0.422. The first-order valence-electron chi connectivity index (χ1n) is 7.82. The van der Waals surface area contributed by atoms with Gasteiger partial charge in [-0.15, -0.1) is 0 Å². The molecule has 0 spiro atoms. The van der Waals surface area contributed by atoms with Gasteiger partial charge in [-0.05, 0) is 55.3 Å². The average Bonchev–Trinajstić information content (AvgIpc) is 3.13. The lowest BCUT2D eigenvalue weighted by Gasteiger charge is -2.20. The number of rotatable bonds is 6. The van der Waals surface area contributed by atoms with Crippen LogP contribution in [0.2, 0.25) is 5.02 Å². The van der Waals surface area contributed by atoms with E-state index in [1.165, 1.54) is 57.1 Å².